The summed E-state index contributed by atoms with van der Waals surface area (Å²) in [5, 5.41) is 1.94. The normalized spacial score (nSPS) is 10.9. The van der Waals surface area contributed by atoms with Gasteiger partial charge in [0.05, 0.1) is 22.8 Å². The SMILES string of the molecule is Clc1cccc2ccn(Cc3ccccn3)c12. The highest BCUT2D eigenvalue weighted by molar-refractivity contribution is 6.35. The Kier molecular flexibility index (Phi) is 2.57. The van der Waals surface area contributed by atoms with Crippen molar-refractivity contribution in [1.29, 1.82) is 0 Å². The van der Waals surface area contributed by atoms with Crippen LogP contribution in [-0.2, 0) is 6.54 Å². The van der Waals surface area contributed by atoms with Gasteiger partial charge in [0.15, 0.2) is 0 Å². The lowest BCUT2D eigenvalue weighted by Crippen LogP contribution is -1.99. The molecule has 0 aliphatic rings. The summed E-state index contributed by atoms with van der Waals surface area (Å²) in [6.45, 7) is 0.744. The summed E-state index contributed by atoms with van der Waals surface area (Å²) in [6, 6.07) is 14.0. The first-order valence-electron chi connectivity index (χ1n) is 5.48. The third-order valence-corrected chi connectivity index (χ3v) is 3.10. The van der Waals surface area contributed by atoms with E-state index < -0.39 is 0 Å². The van der Waals surface area contributed by atoms with E-state index in [1.54, 1.807) is 0 Å². The van der Waals surface area contributed by atoms with Crippen LogP contribution in [0.1, 0.15) is 5.69 Å². The molecule has 0 N–H and O–H groups in total. The molecule has 0 saturated carbocycles. The minimum Gasteiger partial charge on any atom is -0.340 e. The van der Waals surface area contributed by atoms with Gasteiger partial charge in [-0.3, -0.25) is 4.98 Å². The molecule has 0 aliphatic heterocycles. The fourth-order valence-corrected chi connectivity index (χ4v) is 2.30. The second kappa shape index (κ2) is 4.22. The number of rotatable bonds is 2. The maximum absolute atomic E-state index is 6.23. The number of hydrogen-bond donors (Lipinski definition) is 0. The summed E-state index contributed by atoms with van der Waals surface area (Å²) in [5.41, 5.74) is 2.10. The van der Waals surface area contributed by atoms with E-state index in [2.05, 4.69) is 21.7 Å². The molecule has 2 aromatic heterocycles. The van der Waals surface area contributed by atoms with Crippen LogP contribution in [0.25, 0.3) is 10.9 Å². The first kappa shape index (κ1) is 10.4. The number of pyridine rings is 1. The number of nitrogens with zero attached hydrogens (tertiary/aromatic N) is 2. The van der Waals surface area contributed by atoms with Crippen LogP contribution in [0.2, 0.25) is 5.02 Å². The highest BCUT2D eigenvalue weighted by Gasteiger charge is 2.05. The smallest absolute Gasteiger partial charge is 0.0673 e. The number of para-hydroxylation sites is 1. The molecule has 2 nitrogen and oxygen atoms in total. The molecular weight excluding hydrogens is 232 g/mol. The number of aromatic nitrogens is 2. The second-order valence-electron chi connectivity index (χ2n) is 3.94. The van der Waals surface area contributed by atoms with Crippen molar-refractivity contribution in [1.82, 2.24) is 9.55 Å². The Morgan fingerprint density at radius 2 is 2.00 bits per heavy atom. The van der Waals surface area contributed by atoms with Gasteiger partial charge in [-0.05, 0) is 24.3 Å². The Morgan fingerprint density at radius 1 is 1.06 bits per heavy atom. The van der Waals surface area contributed by atoms with Crippen LogP contribution < -0.4 is 0 Å². The van der Waals surface area contributed by atoms with E-state index >= 15 is 0 Å². The predicted octanol–water partition coefficient (Wildman–Crippen LogP) is 3.74. The van der Waals surface area contributed by atoms with Gasteiger partial charge in [-0.2, -0.15) is 0 Å². The van der Waals surface area contributed by atoms with Crippen molar-refractivity contribution in [2.24, 2.45) is 0 Å². The lowest BCUT2D eigenvalue weighted by Gasteiger charge is -2.05. The van der Waals surface area contributed by atoms with Gasteiger partial charge in [0.25, 0.3) is 0 Å². The summed E-state index contributed by atoms with van der Waals surface area (Å²) in [5.74, 6) is 0. The van der Waals surface area contributed by atoms with Crippen LogP contribution in [0.3, 0.4) is 0 Å². The molecule has 17 heavy (non-hydrogen) atoms. The fourth-order valence-electron chi connectivity index (χ4n) is 2.01. The minimum absolute atomic E-state index is 0.744. The van der Waals surface area contributed by atoms with E-state index in [1.807, 2.05) is 42.7 Å². The van der Waals surface area contributed by atoms with Gasteiger partial charge < -0.3 is 4.57 Å². The molecule has 1 aromatic carbocycles. The minimum atomic E-state index is 0.744. The number of fused-ring (bicyclic) bond motifs is 1. The summed E-state index contributed by atoms with van der Waals surface area (Å²) in [6.07, 6.45) is 3.86. The van der Waals surface area contributed by atoms with Crippen LogP contribution in [-0.4, -0.2) is 9.55 Å². The molecule has 3 rings (SSSR count). The average Bonchev–Trinajstić information content (AvgIpc) is 2.75. The molecule has 0 bridgehead atoms. The van der Waals surface area contributed by atoms with Gasteiger partial charge in [-0.15, -0.1) is 0 Å². The predicted molar refractivity (Wildman–Crippen MR) is 70.3 cm³/mol. The zero-order valence-corrected chi connectivity index (χ0v) is 9.93. The lowest BCUT2D eigenvalue weighted by molar-refractivity contribution is 0.808. The number of benzene rings is 1. The molecule has 2 heterocycles. The van der Waals surface area contributed by atoms with Crippen molar-refractivity contribution in [2.45, 2.75) is 6.54 Å². The van der Waals surface area contributed by atoms with E-state index in [-0.39, 0.29) is 0 Å². The molecule has 0 unspecified atom stereocenters. The average molecular weight is 243 g/mol. The van der Waals surface area contributed by atoms with Gasteiger partial charge in [-0.1, -0.05) is 29.8 Å². The van der Waals surface area contributed by atoms with Crippen molar-refractivity contribution < 1.29 is 0 Å². The first-order valence-corrected chi connectivity index (χ1v) is 5.86. The number of halogens is 1. The summed E-state index contributed by atoms with van der Waals surface area (Å²) in [4.78, 5) is 4.33. The van der Waals surface area contributed by atoms with Crippen molar-refractivity contribution in [3.05, 3.63) is 65.6 Å². The maximum Gasteiger partial charge on any atom is 0.0673 e. The molecule has 84 valence electrons. The van der Waals surface area contributed by atoms with Crippen LogP contribution >= 0.6 is 11.6 Å². The zero-order chi connectivity index (χ0) is 11.7. The highest BCUT2D eigenvalue weighted by atomic mass is 35.5. The van der Waals surface area contributed by atoms with E-state index in [9.17, 15) is 0 Å². The van der Waals surface area contributed by atoms with Crippen molar-refractivity contribution in [2.75, 3.05) is 0 Å². The fraction of sp³-hybridized carbons (Fsp3) is 0.0714. The van der Waals surface area contributed by atoms with E-state index in [0.717, 1.165) is 28.2 Å². The van der Waals surface area contributed by atoms with Gasteiger partial charge in [0.2, 0.25) is 0 Å². The van der Waals surface area contributed by atoms with Gasteiger partial charge in [0.1, 0.15) is 0 Å². The first-order chi connectivity index (χ1) is 8.34. The third kappa shape index (κ3) is 1.92. The Balaban J connectivity index is 2.07. The van der Waals surface area contributed by atoms with Crippen LogP contribution in [0, 0.1) is 0 Å². The molecular formula is C14H11ClN2. The highest BCUT2D eigenvalue weighted by Crippen LogP contribution is 2.24. The van der Waals surface area contributed by atoms with Crippen molar-refractivity contribution in [3.63, 3.8) is 0 Å². The van der Waals surface area contributed by atoms with Crippen LogP contribution in [0.15, 0.2) is 54.9 Å². The third-order valence-electron chi connectivity index (χ3n) is 2.80. The van der Waals surface area contributed by atoms with Crippen LogP contribution in [0.5, 0.6) is 0 Å². The second-order valence-corrected chi connectivity index (χ2v) is 4.35. The Bertz CT molecular complexity index is 644. The molecule has 3 aromatic rings. The van der Waals surface area contributed by atoms with Crippen molar-refractivity contribution >= 4 is 22.5 Å². The van der Waals surface area contributed by atoms with Gasteiger partial charge >= 0.3 is 0 Å². The molecule has 0 amide bonds. The lowest BCUT2D eigenvalue weighted by atomic mass is 10.2. The topological polar surface area (TPSA) is 17.8 Å². The van der Waals surface area contributed by atoms with Crippen molar-refractivity contribution in [3.8, 4) is 0 Å². The van der Waals surface area contributed by atoms with Crippen LogP contribution in [0.4, 0.5) is 0 Å². The standard InChI is InChI=1S/C14H11ClN2/c15-13-6-3-4-11-7-9-17(14(11)13)10-12-5-1-2-8-16-12/h1-9H,10H2. The summed E-state index contributed by atoms with van der Waals surface area (Å²) < 4.78 is 2.12. The maximum atomic E-state index is 6.23. The molecule has 0 atom stereocenters. The molecule has 3 heteroatoms. The number of hydrogen-bond acceptors (Lipinski definition) is 1. The Morgan fingerprint density at radius 3 is 2.82 bits per heavy atom. The largest absolute Gasteiger partial charge is 0.340 e. The van der Waals surface area contributed by atoms with Gasteiger partial charge in [-0.25, -0.2) is 0 Å². The molecule has 0 saturated heterocycles. The van der Waals surface area contributed by atoms with E-state index in [1.165, 1.54) is 0 Å². The summed E-state index contributed by atoms with van der Waals surface area (Å²) >= 11 is 6.23. The zero-order valence-electron chi connectivity index (χ0n) is 9.18. The Hall–Kier alpha value is -1.80. The monoisotopic (exact) mass is 242 g/mol. The Labute approximate surface area is 104 Å². The summed E-state index contributed by atoms with van der Waals surface area (Å²) in [7, 11) is 0. The molecule has 0 aliphatic carbocycles. The molecule has 0 fully saturated rings. The van der Waals surface area contributed by atoms with Gasteiger partial charge in [0, 0.05) is 17.8 Å². The molecule has 0 radical (unpaired) electrons. The van der Waals surface area contributed by atoms with E-state index in [0.29, 0.717) is 0 Å². The molecule has 0 spiro atoms. The quantitative estimate of drug-likeness (QED) is 0.669. The van der Waals surface area contributed by atoms with E-state index in [4.69, 9.17) is 11.6 Å².